The highest BCUT2D eigenvalue weighted by molar-refractivity contribution is 5.70. The van der Waals surface area contributed by atoms with Gasteiger partial charge in [0.1, 0.15) is 6.29 Å². The number of aldehydes is 1. The Morgan fingerprint density at radius 2 is 1.70 bits per heavy atom. The third-order valence-electron chi connectivity index (χ3n) is 9.74. The SMILES string of the molecule is CCC1(N2CCCC(C(=O)O)C2)CCC(NCC(C=O)c2cc(C(F)(F)F)cc(C(F)(F)F)c2)(c2ccccc2)C(C)C1. The Bertz CT molecular complexity index is 1250. The first-order valence-electron chi connectivity index (χ1n) is 14.7. The first kappa shape index (κ1) is 33.0. The molecule has 0 spiro atoms. The molecule has 0 radical (unpaired) electrons. The number of hydrogen-bond acceptors (Lipinski definition) is 4. The number of rotatable bonds is 9. The van der Waals surface area contributed by atoms with Crippen LogP contribution in [0.15, 0.2) is 48.5 Å². The van der Waals surface area contributed by atoms with Crippen molar-refractivity contribution in [2.45, 2.75) is 81.7 Å². The number of halogens is 6. The van der Waals surface area contributed by atoms with Crippen LogP contribution in [0, 0.1) is 11.8 Å². The lowest BCUT2D eigenvalue weighted by Gasteiger charge is -2.56. The van der Waals surface area contributed by atoms with Crippen molar-refractivity contribution in [3.05, 3.63) is 70.8 Å². The summed E-state index contributed by atoms with van der Waals surface area (Å²) in [4.78, 5) is 26.3. The fourth-order valence-electron chi connectivity index (χ4n) is 7.22. The molecule has 1 heterocycles. The molecule has 2 aliphatic rings. The van der Waals surface area contributed by atoms with Crippen LogP contribution in [0.1, 0.15) is 80.5 Å². The fraction of sp³-hybridized carbons (Fsp3) is 0.562. The van der Waals surface area contributed by atoms with E-state index in [1.54, 1.807) is 0 Å². The predicted molar refractivity (Wildman–Crippen MR) is 149 cm³/mol. The van der Waals surface area contributed by atoms with Gasteiger partial charge in [-0.05, 0) is 80.3 Å². The first-order valence-corrected chi connectivity index (χ1v) is 14.7. The van der Waals surface area contributed by atoms with Crippen LogP contribution in [0.25, 0.3) is 0 Å². The molecule has 5 unspecified atom stereocenters. The number of nitrogens with zero attached hydrogens (tertiary/aromatic N) is 1. The van der Waals surface area contributed by atoms with Gasteiger partial charge in [-0.3, -0.25) is 9.69 Å². The minimum Gasteiger partial charge on any atom is -0.481 e. The van der Waals surface area contributed by atoms with Crippen molar-refractivity contribution in [1.82, 2.24) is 10.2 Å². The van der Waals surface area contributed by atoms with E-state index in [9.17, 15) is 41.0 Å². The summed E-state index contributed by atoms with van der Waals surface area (Å²) in [6, 6.07) is 10.8. The number of carbonyl (C=O) groups excluding carboxylic acids is 1. The van der Waals surface area contributed by atoms with Crippen molar-refractivity contribution in [2.24, 2.45) is 11.8 Å². The van der Waals surface area contributed by atoms with Crippen LogP contribution in [0.4, 0.5) is 26.3 Å². The van der Waals surface area contributed by atoms with Crippen molar-refractivity contribution in [2.75, 3.05) is 19.6 Å². The molecule has 1 aliphatic heterocycles. The van der Waals surface area contributed by atoms with E-state index >= 15 is 0 Å². The average Bonchev–Trinajstić information content (AvgIpc) is 2.97. The van der Waals surface area contributed by atoms with Crippen LogP contribution >= 0.6 is 0 Å². The topological polar surface area (TPSA) is 69.6 Å². The lowest BCUT2D eigenvalue weighted by atomic mass is 9.61. The predicted octanol–water partition coefficient (Wildman–Crippen LogP) is 7.26. The van der Waals surface area contributed by atoms with Gasteiger partial charge in [0.05, 0.1) is 23.0 Å². The van der Waals surface area contributed by atoms with Crippen molar-refractivity contribution in [1.29, 1.82) is 0 Å². The van der Waals surface area contributed by atoms with E-state index in [-0.39, 0.29) is 29.6 Å². The van der Waals surface area contributed by atoms with Crippen molar-refractivity contribution < 1.29 is 41.0 Å². The molecule has 43 heavy (non-hydrogen) atoms. The zero-order chi connectivity index (χ0) is 31.6. The maximum atomic E-state index is 13.5. The molecular weight excluding hydrogens is 574 g/mol. The van der Waals surface area contributed by atoms with Crippen LogP contribution in [-0.2, 0) is 27.5 Å². The number of aliphatic carboxylic acids is 1. The largest absolute Gasteiger partial charge is 0.481 e. The number of piperidine rings is 1. The summed E-state index contributed by atoms with van der Waals surface area (Å²) in [7, 11) is 0. The van der Waals surface area contributed by atoms with Gasteiger partial charge in [0.2, 0.25) is 0 Å². The van der Waals surface area contributed by atoms with E-state index in [0.717, 1.165) is 24.9 Å². The summed E-state index contributed by atoms with van der Waals surface area (Å²) in [6.07, 6.45) is -5.43. The molecule has 0 bridgehead atoms. The third kappa shape index (κ3) is 6.93. The number of carbonyl (C=O) groups is 2. The highest BCUT2D eigenvalue weighted by atomic mass is 19.4. The standard InChI is InChI=1S/C32H38F6N2O3/c1-3-29(40-13-7-8-22(19-40)28(42)43)11-12-30(21(2)17-29,25-9-5-4-6-10-25)39-18-24(20-41)23-14-26(31(33,34)35)16-27(15-23)32(36,37)38/h4-6,9-10,14-16,20-22,24,39H,3,7-8,11-13,17-19H2,1-2H3,(H,42,43). The summed E-state index contributed by atoms with van der Waals surface area (Å²) in [5, 5.41) is 13.1. The summed E-state index contributed by atoms with van der Waals surface area (Å²) in [5.74, 6) is -2.56. The molecule has 1 saturated heterocycles. The van der Waals surface area contributed by atoms with Gasteiger partial charge in [0.15, 0.2) is 0 Å². The molecule has 5 nitrogen and oxygen atoms in total. The Balaban J connectivity index is 1.65. The molecule has 2 N–H and O–H groups in total. The van der Waals surface area contributed by atoms with E-state index in [2.05, 4.69) is 24.1 Å². The monoisotopic (exact) mass is 612 g/mol. The minimum atomic E-state index is -5.02. The van der Waals surface area contributed by atoms with Gasteiger partial charge in [-0.2, -0.15) is 26.3 Å². The number of hydrogen-bond donors (Lipinski definition) is 2. The molecule has 11 heteroatoms. The highest BCUT2D eigenvalue weighted by Crippen LogP contribution is 2.50. The minimum absolute atomic E-state index is 0.0617. The molecule has 1 saturated carbocycles. The number of nitrogens with one attached hydrogen (secondary N) is 1. The van der Waals surface area contributed by atoms with E-state index in [4.69, 9.17) is 0 Å². The van der Waals surface area contributed by atoms with E-state index < -0.39 is 46.8 Å². The number of benzene rings is 2. The first-order chi connectivity index (χ1) is 20.1. The molecule has 5 atom stereocenters. The molecule has 0 amide bonds. The second-order valence-electron chi connectivity index (χ2n) is 12.1. The van der Waals surface area contributed by atoms with E-state index in [1.165, 1.54) is 0 Å². The Kier molecular flexibility index (Phi) is 9.66. The second-order valence-corrected chi connectivity index (χ2v) is 12.1. The highest BCUT2D eigenvalue weighted by Gasteiger charge is 2.51. The summed E-state index contributed by atoms with van der Waals surface area (Å²) in [5.41, 5.74) is -3.31. The molecule has 1 aliphatic carbocycles. The number of carboxylic acid groups (broad SMARTS) is 1. The van der Waals surface area contributed by atoms with Crippen LogP contribution in [0.2, 0.25) is 0 Å². The quantitative estimate of drug-likeness (QED) is 0.231. The Hall–Kier alpha value is -2.92. The van der Waals surface area contributed by atoms with Gasteiger partial charge in [0, 0.05) is 24.2 Å². The fourth-order valence-corrected chi connectivity index (χ4v) is 7.22. The maximum absolute atomic E-state index is 13.5. The summed E-state index contributed by atoms with van der Waals surface area (Å²) >= 11 is 0. The number of likely N-dealkylation sites (tertiary alicyclic amines) is 1. The van der Waals surface area contributed by atoms with Gasteiger partial charge >= 0.3 is 18.3 Å². The van der Waals surface area contributed by atoms with Gasteiger partial charge < -0.3 is 15.2 Å². The van der Waals surface area contributed by atoms with Crippen molar-refractivity contribution in [3.8, 4) is 0 Å². The van der Waals surface area contributed by atoms with Gasteiger partial charge in [0.25, 0.3) is 0 Å². The Morgan fingerprint density at radius 3 is 2.21 bits per heavy atom. The second kappa shape index (κ2) is 12.6. The molecule has 0 aromatic heterocycles. The zero-order valence-electron chi connectivity index (χ0n) is 24.3. The smallest absolute Gasteiger partial charge is 0.416 e. The molecule has 4 rings (SSSR count). The van der Waals surface area contributed by atoms with Gasteiger partial charge in [-0.25, -0.2) is 0 Å². The number of carboxylic acids is 1. The van der Waals surface area contributed by atoms with Gasteiger partial charge in [-0.1, -0.05) is 44.2 Å². The lowest BCUT2D eigenvalue weighted by molar-refractivity contribution is -0.146. The third-order valence-corrected chi connectivity index (χ3v) is 9.74. The zero-order valence-corrected chi connectivity index (χ0v) is 24.3. The van der Waals surface area contributed by atoms with E-state index in [1.807, 2.05) is 30.3 Å². The summed E-state index contributed by atoms with van der Waals surface area (Å²) in [6.45, 7) is 5.25. The van der Waals surface area contributed by atoms with Crippen LogP contribution in [-0.4, -0.2) is 47.4 Å². The Labute approximate surface area is 247 Å². The molecule has 236 valence electrons. The van der Waals surface area contributed by atoms with Crippen LogP contribution < -0.4 is 5.32 Å². The van der Waals surface area contributed by atoms with Gasteiger partial charge in [-0.15, -0.1) is 0 Å². The normalized spacial score (nSPS) is 27.9. The molecule has 2 aromatic rings. The van der Waals surface area contributed by atoms with Crippen LogP contribution in [0.3, 0.4) is 0 Å². The number of alkyl halides is 6. The average molecular weight is 613 g/mol. The molecular formula is C32H38F6N2O3. The van der Waals surface area contributed by atoms with Crippen LogP contribution in [0.5, 0.6) is 0 Å². The maximum Gasteiger partial charge on any atom is 0.416 e. The van der Waals surface area contributed by atoms with Crippen molar-refractivity contribution >= 4 is 12.3 Å². The van der Waals surface area contributed by atoms with E-state index in [0.29, 0.717) is 50.6 Å². The Morgan fingerprint density at radius 1 is 1.07 bits per heavy atom. The molecule has 2 aromatic carbocycles. The summed E-state index contributed by atoms with van der Waals surface area (Å²) < 4.78 is 81.2. The lowest BCUT2D eigenvalue weighted by Crippen LogP contribution is -2.62. The van der Waals surface area contributed by atoms with Crippen molar-refractivity contribution in [3.63, 3.8) is 0 Å². The molecule has 2 fully saturated rings.